The molecule has 2 unspecified atom stereocenters. The SMILES string of the molecule is O=C(NCC1CCCC1CO)c1ccc(Br)s1. The van der Waals surface area contributed by atoms with E-state index in [4.69, 9.17) is 0 Å². The first kappa shape index (κ1) is 13.1. The number of carbonyl (C=O) groups excluding carboxylic acids is 1. The van der Waals surface area contributed by atoms with Crippen molar-refractivity contribution >= 4 is 33.2 Å². The van der Waals surface area contributed by atoms with E-state index < -0.39 is 0 Å². The first-order chi connectivity index (χ1) is 8.20. The molecule has 0 radical (unpaired) electrons. The Labute approximate surface area is 113 Å². The Balaban J connectivity index is 1.84. The first-order valence-electron chi connectivity index (χ1n) is 5.85. The predicted molar refractivity (Wildman–Crippen MR) is 72.3 cm³/mol. The molecule has 1 aliphatic carbocycles. The molecule has 1 aromatic heterocycles. The second-order valence-electron chi connectivity index (χ2n) is 4.45. The van der Waals surface area contributed by atoms with E-state index in [0.717, 1.165) is 27.9 Å². The van der Waals surface area contributed by atoms with Gasteiger partial charge in [0.2, 0.25) is 0 Å². The van der Waals surface area contributed by atoms with Crippen molar-refractivity contribution in [2.45, 2.75) is 19.3 Å². The van der Waals surface area contributed by atoms with Crippen molar-refractivity contribution in [1.82, 2.24) is 5.32 Å². The highest BCUT2D eigenvalue weighted by molar-refractivity contribution is 9.11. The maximum atomic E-state index is 11.8. The third-order valence-electron chi connectivity index (χ3n) is 3.37. The average Bonchev–Trinajstić information content (AvgIpc) is 2.94. The van der Waals surface area contributed by atoms with Gasteiger partial charge in [-0.15, -0.1) is 11.3 Å². The van der Waals surface area contributed by atoms with Crippen molar-refractivity contribution in [2.75, 3.05) is 13.2 Å². The molecule has 0 bridgehead atoms. The van der Waals surface area contributed by atoms with Crippen LogP contribution < -0.4 is 5.32 Å². The van der Waals surface area contributed by atoms with Gasteiger partial charge >= 0.3 is 0 Å². The van der Waals surface area contributed by atoms with Crippen LogP contribution in [-0.2, 0) is 0 Å². The lowest BCUT2D eigenvalue weighted by Gasteiger charge is -2.17. The summed E-state index contributed by atoms with van der Waals surface area (Å²) in [6.07, 6.45) is 3.36. The topological polar surface area (TPSA) is 49.3 Å². The zero-order chi connectivity index (χ0) is 12.3. The van der Waals surface area contributed by atoms with Crippen LogP contribution in [0.4, 0.5) is 0 Å². The monoisotopic (exact) mass is 317 g/mol. The second kappa shape index (κ2) is 5.98. The molecule has 1 aromatic rings. The van der Waals surface area contributed by atoms with Gasteiger partial charge in [-0.3, -0.25) is 4.79 Å². The highest BCUT2D eigenvalue weighted by Crippen LogP contribution is 2.30. The van der Waals surface area contributed by atoms with Crippen LogP contribution in [0.1, 0.15) is 28.9 Å². The number of aliphatic hydroxyl groups is 1. The number of nitrogens with one attached hydrogen (secondary N) is 1. The molecule has 2 rings (SSSR count). The minimum Gasteiger partial charge on any atom is -0.396 e. The molecule has 2 N–H and O–H groups in total. The van der Waals surface area contributed by atoms with Gasteiger partial charge in [0.1, 0.15) is 0 Å². The summed E-state index contributed by atoms with van der Waals surface area (Å²) >= 11 is 4.78. The molecule has 0 saturated heterocycles. The molecule has 1 saturated carbocycles. The van der Waals surface area contributed by atoms with E-state index in [1.54, 1.807) is 0 Å². The lowest BCUT2D eigenvalue weighted by molar-refractivity contribution is 0.0942. The fourth-order valence-electron chi connectivity index (χ4n) is 2.37. The predicted octanol–water partition coefficient (Wildman–Crippen LogP) is 2.65. The van der Waals surface area contributed by atoms with E-state index in [2.05, 4.69) is 21.2 Å². The highest BCUT2D eigenvalue weighted by Gasteiger charge is 2.26. The van der Waals surface area contributed by atoms with Crippen molar-refractivity contribution in [2.24, 2.45) is 11.8 Å². The van der Waals surface area contributed by atoms with E-state index in [1.807, 2.05) is 12.1 Å². The lowest BCUT2D eigenvalue weighted by Crippen LogP contribution is -2.31. The zero-order valence-electron chi connectivity index (χ0n) is 9.49. The van der Waals surface area contributed by atoms with Gasteiger partial charge in [0.05, 0.1) is 8.66 Å². The molecule has 1 heterocycles. The molecular formula is C12H16BrNO2S. The molecule has 1 aliphatic rings. The van der Waals surface area contributed by atoms with Crippen molar-refractivity contribution in [1.29, 1.82) is 0 Å². The van der Waals surface area contributed by atoms with Gasteiger partial charge in [-0.05, 0) is 52.7 Å². The van der Waals surface area contributed by atoms with Gasteiger partial charge in [0.25, 0.3) is 5.91 Å². The van der Waals surface area contributed by atoms with E-state index in [9.17, 15) is 9.90 Å². The molecule has 5 heteroatoms. The first-order valence-corrected chi connectivity index (χ1v) is 7.46. The van der Waals surface area contributed by atoms with Gasteiger partial charge in [0, 0.05) is 13.2 Å². The summed E-state index contributed by atoms with van der Waals surface area (Å²) in [5.41, 5.74) is 0. The van der Waals surface area contributed by atoms with Gasteiger partial charge in [-0.1, -0.05) is 6.42 Å². The normalized spacial score (nSPS) is 23.9. The zero-order valence-corrected chi connectivity index (χ0v) is 11.9. The van der Waals surface area contributed by atoms with Crippen LogP contribution in [-0.4, -0.2) is 24.2 Å². The van der Waals surface area contributed by atoms with Crippen LogP contribution in [0.2, 0.25) is 0 Å². The maximum absolute atomic E-state index is 11.8. The summed E-state index contributed by atoms with van der Waals surface area (Å²) in [6, 6.07) is 3.70. The number of aliphatic hydroxyl groups excluding tert-OH is 1. The minimum absolute atomic E-state index is 0.00992. The summed E-state index contributed by atoms with van der Waals surface area (Å²) in [7, 11) is 0. The molecule has 94 valence electrons. The average molecular weight is 318 g/mol. The van der Waals surface area contributed by atoms with Crippen molar-refractivity contribution < 1.29 is 9.90 Å². The van der Waals surface area contributed by atoms with Crippen LogP contribution in [0, 0.1) is 11.8 Å². The van der Waals surface area contributed by atoms with Crippen molar-refractivity contribution in [3.63, 3.8) is 0 Å². The number of carbonyl (C=O) groups is 1. The van der Waals surface area contributed by atoms with Crippen LogP contribution in [0.3, 0.4) is 0 Å². The highest BCUT2D eigenvalue weighted by atomic mass is 79.9. The molecule has 0 aliphatic heterocycles. The third kappa shape index (κ3) is 3.30. The molecule has 0 aromatic carbocycles. The Morgan fingerprint density at radius 1 is 1.47 bits per heavy atom. The van der Waals surface area contributed by atoms with Crippen LogP contribution >= 0.6 is 27.3 Å². The number of thiophene rings is 1. The Hall–Kier alpha value is -0.390. The van der Waals surface area contributed by atoms with E-state index in [0.29, 0.717) is 18.4 Å². The number of halogens is 1. The number of hydrogen-bond donors (Lipinski definition) is 2. The fourth-order valence-corrected chi connectivity index (χ4v) is 3.67. The minimum atomic E-state index is -0.00992. The molecular weight excluding hydrogens is 302 g/mol. The quantitative estimate of drug-likeness (QED) is 0.897. The number of rotatable bonds is 4. The van der Waals surface area contributed by atoms with Gasteiger partial charge in [-0.25, -0.2) is 0 Å². The largest absolute Gasteiger partial charge is 0.396 e. The van der Waals surface area contributed by atoms with Crippen LogP contribution in [0.25, 0.3) is 0 Å². The summed E-state index contributed by atoms with van der Waals surface area (Å²) in [5.74, 6) is 0.794. The van der Waals surface area contributed by atoms with Crippen LogP contribution in [0.15, 0.2) is 15.9 Å². The fraction of sp³-hybridized carbons (Fsp3) is 0.583. The van der Waals surface area contributed by atoms with E-state index in [-0.39, 0.29) is 12.5 Å². The van der Waals surface area contributed by atoms with Gasteiger partial charge < -0.3 is 10.4 Å². The smallest absolute Gasteiger partial charge is 0.261 e. The van der Waals surface area contributed by atoms with E-state index >= 15 is 0 Å². The van der Waals surface area contributed by atoms with Crippen molar-refractivity contribution in [3.05, 3.63) is 20.8 Å². The Morgan fingerprint density at radius 3 is 2.88 bits per heavy atom. The van der Waals surface area contributed by atoms with Gasteiger partial charge in [-0.2, -0.15) is 0 Å². The van der Waals surface area contributed by atoms with Crippen LogP contribution in [0.5, 0.6) is 0 Å². The van der Waals surface area contributed by atoms with Gasteiger partial charge in [0.15, 0.2) is 0 Å². The molecule has 1 amide bonds. The summed E-state index contributed by atoms with van der Waals surface area (Å²) in [6.45, 7) is 0.921. The Bertz CT molecular complexity index is 394. The Kier molecular flexibility index (Phi) is 4.59. The molecule has 1 fully saturated rings. The summed E-state index contributed by atoms with van der Waals surface area (Å²) < 4.78 is 0.969. The second-order valence-corrected chi connectivity index (χ2v) is 6.91. The summed E-state index contributed by atoms with van der Waals surface area (Å²) in [5, 5.41) is 12.2. The maximum Gasteiger partial charge on any atom is 0.261 e. The third-order valence-corrected chi connectivity index (χ3v) is 5.00. The Morgan fingerprint density at radius 2 is 2.24 bits per heavy atom. The number of hydrogen-bond acceptors (Lipinski definition) is 3. The van der Waals surface area contributed by atoms with Crippen molar-refractivity contribution in [3.8, 4) is 0 Å². The molecule has 3 nitrogen and oxygen atoms in total. The lowest BCUT2D eigenvalue weighted by atomic mass is 9.97. The van der Waals surface area contributed by atoms with E-state index in [1.165, 1.54) is 11.3 Å². The molecule has 17 heavy (non-hydrogen) atoms. The molecule has 2 atom stereocenters. The standard InChI is InChI=1S/C12H16BrNO2S/c13-11-5-4-10(17-11)12(16)14-6-8-2-1-3-9(8)7-15/h4-5,8-9,15H,1-3,6-7H2,(H,14,16). The summed E-state index contributed by atoms with van der Waals surface area (Å²) in [4.78, 5) is 12.6. The molecule has 0 spiro atoms. The number of amides is 1.